The number of ether oxygens (including phenoxy) is 1. The summed E-state index contributed by atoms with van der Waals surface area (Å²) in [4.78, 5) is 12.1. The van der Waals surface area contributed by atoms with E-state index in [1.165, 1.54) is 0 Å². The van der Waals surface area contributed by atoms with Crippen molar-refractivity contribution in [3.8, 4) is 11.8 Å². The van der Waals surface area contributed by atoms with Crippen LogP contribution in [0.5, 0.6) is 5.75 Å². The summed E-state index contributed by atoms with van der Waals surface area (Å²) in [6.45, 7) is 3.89. The van der Waals surface area contributed by atoms with Crippen LogP contribution in [0.3, 0.4) is 0 Å². The van der Waals surface area contributed by atoms with Gasteiger partial charge in [-0.1, -0.05) is 17.7 Å². The summed E-state index contributed by atoms with van der Waals surface area (Å²) in [5.74, 6) is 0.738. The van der Waals surface area contributed by atoms with Gasteiger partial charge in [0.15, 0.2) is 0 Å². The van der Waals surface area contributed by atoms with Crippen molar-refractivity contribution in [3.63, 3.8) is 0 Å². The van der Waals surface area contributed by atoms with Gasteiger partial charge in [-0.15, -0.1) is 0 Å². The minimum absolute atomic E-state index is 0.205. The number of nitrogens with zero attached hydrogens (tertiary/aromatic N) is 1. The second-order valence-electron chi connectivity index (χ2n) is 5.25. The molecule has 5 heteroatoms. The molecule has 1 unspecified atom stereocenters. The monoisotopic (exact) mass is 309 g/mol. The van der Waals surface area contributed by atoms with E-state index in [9.17, 15) is 4.79 Å². The van der Waals surface area contributed by atoms with Gasteiger partial charge in [0.2, 0.25) is 0 Å². The van der Waals surface area contributed by atoms with E-state index in [-0.39, 0.29) is 12.1 Å². The first-order valence-corrected chi connectivity index (χ1v) is 7.25. The number of methoxy groups -OCH3 is 1. The summed E-state index contributed by atoms with van der Waals surface area (Å²) in [6, 6.07) is 14.1. The average molecular weight is 309 g/mol. The van der Waals surface area contributed by atoms with Crippen LogP contribution in [0.4, 0.5) is 10.5 Å². The van der Waals surface area contributed by atoms with E-state index in [0.29, 0.717) is 11.3 Å². The largest absolute Gasteiger partial charge is 0.496 e. The lowest BCUT2D eigenvalue weighted by atomic mass is 10.0. The van der Waals surface area contributed by atoms with Crippen LogP contribution >= 0.6 is 0 Å². The first-order valence-electron chi connectivity index (χ1n) is 7.25. The number of amides is 2. The number of rotatable bonds is 4. The van der Waals surface area contributed by atoms with Crippen LogP contribution in [0.2, 0.25) is 0 Å². The summed E-state index contributed by atoms with van der Waals surface area (Å²) < 4.78 is 5.34. The number of anilines is 1. The summed E-state index contributed by atoms with van der Waals surface area (Å²) in [5, 5.41) is 14.4. The molecule has 0 aliphatic heterocycles. The van der Waals surface area contributed by atoms with Gasteiger partial charge in [0.05, 0.1) is 24.8 Å². The highest BCUT2D eigenvalue weighted by molar-refractivity contribution is 5.89. The highest BCUT2D eigenvalue weighted by atomic mass is 16.5. The van der Waals surface area contributed by atoms with E-state index >= 15 is 0 Å². The Hall–Kier alpha value is -3.00. The zero-order chi connectivity index (χ0) is 16.8. The maximum absolute atomic E-state index is 12.1. The molecule has 23 heavy (non-hydrogen) atoms. The fraction of sp³-hybridized carbons (Fsp3) is 0.222. The van der Waals surface area contributed by atoms with Crippen molar-refractivity contribution in [2.24, 2.45) is 0 Å². The molecule has 0 aliphatic rings. The molecule has 0 saturated carbocycles. The van der Waals surface area contributed by atoms with Crippen molar-refractivity contribution in [1.29, 1.82) is 5.26 Å². The summed E-state index contributed by atoms with van der Waals surface area (Å²) in [5.41, 5.74) is 3.20. The Labute approximate surface area is 135 Å². The van der Waals surface area contributed by atoms with Crippen LogP contribution in [0.15, 0.2) is 42.5 Å². The van der Waals surface area contributed by atoms with Gasteiger partial charge in [-0.25, -0.2) is 4.79 Å². The Morgan fingerprint density at radius 1 is 1.22 bits per heavy atom. The predicted molar refractivity (Wildman–Crippen MR) is 89.5 cm³/mol. The smallest absolute Gasteiger partial charge is 0.319 e. The number of hydrogen-bond donors (Lipinski definition) is 2. The third-order valence-electron chi connectivity index (χ3n) is 3.47. The first kappa shape index (κ1) is 16.4. The van der Waals surface area contributed by atoms with Gasteiger partial charge in [-0.05, 0) is 44.2 Å². The maximum atomic E-state index is 12.1. The van der Waals surface area contributed by atoms with E-state index in [0.717, 1.165) is 16.9 Å². The molecule has 2 rings (SSSR count). The van der Waals surface area contributed by atoms with E-state index in [1.54, 1.807) is 31.4 Å². The van der Waals surface area contributed by atoms with Crippen LogP contribution in [0, 0.1) is 18.3 Å². The molecule has 0 spiro atoms. The van der Waals surface area contributed by atoms with Crippen LogP contribution < -0.4 is 15.4 Å². The van der Waals surface area contributed by atoms with Crippen LogP contribution in [0.25, 0.3) is 0 Å². The summed E-state index contributed by atoms with van der Waals surface area (Å²) in [7, 11) is 1.61. The zero-order valence-electron chi connectivity index (χ0n) is 13.4. The fourth-order valence-corrected chi connectivity index (χ4v) is 2.26. The molecule has 5 nitrogen and oxygen atoms in total. The maximum Gasteiger partial charge on any atom is 0.319 e. The minimum atomic E-state index is -0.314. The molecule has 2 N–H and O–H groups in total. The number of carbonyl (C=O) groups is 1. The SMILES string of the molecule is COc1ccc(C)cc1C(C)NC(=O)Nc1ccc(C#N)cc1. The van der Waals surface area contributed by atoms with Crippen LogP contribution in [-0.2, 0) is 0 Å². The molecule has 0 radical (unpaired) electrons. The topological polar surface area (TPSA) is 74.2 Å². The molecular weight excluding hydrogens is 290 g/mol. The fourth-order valence-electron chi connectivity index (χ4n) is 2.26. The van der Waals surface area contributed by atoms with Crippen molar-refractivity contribution in [1.82, 2.24) is 5.32 Å². The normalized spacial score (nSPS) is 11.2. The Balaban J connectivity index is 2.04. The highest BCUT2D eigenvalue weighted by Crippen LogP contribution is 2.26. The number of nitriles is 1. The van der Waals surface area contributed by atoms with E-state index < -0.39 is 0 Å². The number of hydrogen-bond acceptors (Lipinski definition) is 3. The first-order chi connectivity index (χ1) is 11.0. The Morgan fingerprint density at radius 2 is 1.91 bits per heavy atom. The van der Waals surface area contributed by atoms with Crippen molar-refractivity contribution in [3.05, 3.63) is 59.2 Å². The summed E-state index contributed by atoms with van der Waals surface area (Å²) in [6.07, 6.45) is 0. The minimum Gasteiger partial charge on any atom is -0.496 e. The van der Waals surface area contributed by atoms with E-state index in [1.807, 2.05) is 38.1 Å². The standard InChI is InChI=1S/C18H19N3O2/c1-12-4-9-17(23-3)16(10-12)13(2)20-18(22)21-15-7-5-14(11-19)6-8-15/h4-10,13H,1-3H3,(H2,20,21,22). The van der Waals surface area contributed by atoms with Crippen molar-refractivity contribution in [2.75, 3.05) is 12.4 Å². The Morgan fingerprint density at radius 3 is 2.52 bits per heavy atom. The predicted octanol–water partition coefficient (Wildman–Crippen LogP) is 3.76. The molecule has 1 atom stereocenters. The molecule has 2 amide bonds. The Kier molecular flexibility index (Phi) is 5.21. The highest BCUT2D eigenvalue weighted by Gasteiger charge is 2.14. The molecule has 0 aliphatic carbocycles. The molecule has 0 fully saturated rings. The van der Waals surface area contributed by atoms with Gasteiger partial charge in [-0.2, -0.15) is 5.26 Å². The van der Waals surface area contributed by atoms with Crippen molar-refractivity contribution in [2.45, 2.75) is 19.9 Å². The number of urea groups is 1. The number of carbonyl (C=O) groups excluding carboxylic acids is 1. The van der Waals surface area contributed by atoms with Gasteiger partial charge >= 0.3 is 6.03 Å². The van der Waals surface area contributed by atoms with E-state index in [2.05, 4.69) is 10.6 Å². The third kappa shape index (κ3) is 4.24. The van der Waals surface area contributed by atoms with Crippen LogP contribution in [0.1, 0.15) is 29.7 Å². The second kappa shape index (κ2) is 7.32. The van der Waals surface area contributed by atoms with Gasteiger partial charge in [0.1, 0.15) is 5.75 Å². The molecule has 0 aromatic heterocycles. The molecule has 0 saturated heterocycles. The molecule has 0 bridgehead atoms. The summed E-state index contributed by atoms with van der Waals surface area (Å²) >= 11 is 0. The number of aryl methyl sites for hydroxylation is 1. The van der Waals surface area contributed by atoms with Crippen molar-refractivity contribution < 1.29 is 9.53 Å². The molecule has 118 valence electrons. The van der Waals surface area contributed by atoms with Crippen LogP contribution in [-0.4, -0.2) is 13.1 Å². The van der Waals surface area contributed by atoms with E-state index in [4.69, 9.17) is 10.00 Å². The molecule has 0 heterocycles. The van der Waals surface area contributed by atoms with Gasteiger partial charge in [0.25, 0.3) is 0 Å². The second-order valence-corrected chi connectivity index (χ2v) is 5.25. The number of benzene rings is 2. The quantitative estimate of drug-likeness (QED) is 0.903. The van der Waals surface area contributed by atoms with Gasteiger partial charge in [0, 0.05) is 11.3 Å². The van der Waals surface area contributed by atoms with Gasteiger partial charge in [-0.3, -0.25) is 0 Å². The van der Waals surface area contributed by atoms with Crippen molar-refractivity contribution >= 4 is 11.7 Å². The Bertz CT molecular complexity index is 733. The molecule has 2 aromatic rings. The third-order valence-corrected chi connectivity index (χ3v) is 3.47. The molecule has 2 aromatic carbocycles. The zero-order valence-corrected chi connectivity index (χ0v) is 13.4. The lowest BCUT2D eigenvalue weighted by molar-refractivity contribution is 0.249. The van der Waals surface area contributed by atoms with Gasteiger partial charge < -0.3 is 15.4 Å². The lowest BCUT2D eigenvalue weighted by Crippen LogP contribution is -2.31. The molecular formula is C18H19N3O2. The number of nitrogens with one attached hydrogen (secondary N) is 2. The average Bonchev–Trinajstić information content (AvgIpc) is 2.55. The lowest BCUT2D eigenvalue weighted by Gasteiger charge is -2.18.